The summed E-state index contributed by atoms with van der Waals surface area (Å²) in [6.45, 7) is 0. The molecule has 0 aliphatic heterocycles. The smallest absolute Gasteiger partial charge is 0.143 e. The Hall–Kier alpha value is -2.13. The molecule has 5 aromatic rings. The molecule has 0 fully saturated rings. The lowest BCUT2D eigenvalue weighted by atomic mass is 10.3. The summed E-state index contributed by atoms with van der Waals surface area (Å²) in [6.07, 6.45) is 0. The Morgan fingerprint density at radius 2 is 1.36 bits per heavy atom. The third-order valence-corrected chi connectivity index (χ3v) is 7.82. The minimum Gasteiger partial charge on any atom is -0.143 e. The van der Waals surface area contributed by atoms with Crippen molar-refractivity contribution in [2.24, 2.45) is 0 Å². The topological polar surface area (TPSA) is 43.6 Å². The molecule has 5 rings (SSSR count). The summed E-state index contributed by atoms with van der Waals surface area (Å²) in [5.41, 5.74) is 0. The predicted molar refractivity (Wildman–Crippen MR) is 107 cm³/mol. The van der Waals surface area contributed by atoms with Gasteiger partial charge in [-0.3, -0.25) is 0 Å². The molecule has 4 nitrogen and oxygen atoms in total. The first-order chi connectivity index (χ1) is 12.4. The molecule has 0 aliphatic rings. The van der Waals surface area contributed by atoms with Gasteiger partial charge in [0.25, 0.3) is 0 Å². The summed E-state index contributed by atoms with van der Waals surface area (Å²) in [4.78, 5) is 7.63. The average molecular weight is 399 g/mol. The predicted octanol–water partition coefficient (Wildman–Crippen LogP) is 5.91. The Balaban J connectivity index is 1.44. The minimum atomic E-state index is 0.666. The molecule has 0 radical (unpaired) electrons. The first-order valence-electron chi connectivity index (χ1n) is 7.45. The van der Waals surface area contributed by atoms with Gasteiger partial charge in [0.15, 0.2) is 0 Å². The SMILES string of the molecule is c1csc(-c2ccc(-c3nnn(-c4ccc(-c5cccs5)s4)n3)s2)c1. The molecule has 0 aromatic carbocycles. The van der Waals surface area contributed by atoms with Gasteiger partial charge in [-0.15, -0.1) is 60.3 Å². The summed E-state index contributed by atoms with van der Waals surface area (Å²) in [5.74, 6) is 0.666. The number of nitrogens with zero attached hydrogens (tertiary/aromatic N) is 4. The van der Waals surface area contributed by atoms with Gasteiger partial charge in [0.2, 0.25) is 5.82 Å². The lowest BCUT2D eigenvalue weighted by Gasteiger charge is -1.91. The van der Waals surface area contributed by atoms with Crippen LogP contribution in [-0.4, -0.2) is 20.2 Å². The van der Waals surface area contributed by atoms with Crippen molar-refractivity contribution in [2.75, 3.05) is 0 Å². The summed E-state index contributed by atoms with van der Waals surface area (Å²) in [6, 6.07) is 16.7. The van der Waals surface area contributed by atoms with Crippen LogP contribution in [0.15, 0.2) is 59.3 Å². The second kappa shape index (κ2) is 6.30. The van der Waals surface area contributed by atoms with Crippen molar-refractivity contribution < 1.29 is 0 Å². The van der Waals surface area contributed by atoms with Crippen molar-refractivity contribution in [3.8, 4) is 35.2 Å². The van der Waals surface area contributed by atoms with Crippen molar-refractivity contribution in [2.45, 2.75) is 0 Å². The van der Waals surface area contributed by atoms with Crippen molar-refractivity contribution in [1.82, 2.24) is 20.2 Å². The zero-order valence-corrected chi connectivity index (χ0v) is 16.0. The lowest BCUT2D eigenvalue weighted by Crippen LogP contribution is -1.95. The molecule has 0 amide bonds. The van der Waals surface area contributed by atoms with E-state index in [2.05, 4.69) is 68.6 Å². The van der Waals surface area contributed by atoms with E-state index in [4.69, 9.17) is 0 Å². The fraction of sp³-hybridized carbons (Fsp3) is 0. The molecule has 5 aromatic heterocycles. The third-order valence-electron chi connectivity index (χ3n) is 3.56. The van der Waals surface area contributed by atoms with E-state index in [1.807, 2.05) is 6.07 Å². The fourth-order valence-electron chi connectivity index (χ4n) is 2.40. The highest BCUT2D eigenvalue weighted by atomic mass is 32.1. The molecule has 0 bridgehead atoms. The van der Waals surface area contributed by atoms with E-state index in [9.17, 15) is 0 Å². The average Bonchev–Trinajstić information content (AvgIpc) is 3.48. The Bertz CT molecular complexity index is 1010. The quantitative estimate of drug-likeness (QED) is 0.378. The third kappa shape index (κ3) is 2.87. The summed E-state index contributed by atoms with van der Waals surface area (Å²) < 4.78 is 0. The van der Waals surface area contributed by atoms with Gasteiger partial charge in [0, 0.05) is 19.5 Å². The molecule has 0 aliphatic carbocycles. The van der Waals surface area contributed by atoms with Gasteiger partial charge in [-0.2, -0.15) is 0 Å². The molecule has 0 saturated heterocycles. The van der Waals surface area contributed by atoms with Gasteiger partial charge in [0.05, 0.1) is 4.88 Å². The minimum absolute atomic E-state index is 0.666. The highest BCUT2D eigenvalue weighted by Gasteiger charge is 2.13. The largest absolute Gasteiger partial charge is 0.215 e. The van der Waals surface area contributed by atoms with Crippen molar-refractivity contribution in [1.29, 1.82) is 0 Å². The van der Waals surface area contributed by atoms with E-state index in [0.717, 1.165) is 9.88 Å². The highest BCUT2D eigenvalue weighted by Crippen LogP contribution is 2.36. The fourth-order valence-corrected chi connectivity index (χ4v) is 5.91. The summed E-state index contributed by atoms with van der Waals surface area (Å²) >= 11 is 6.84. The molecule has 0 N–H and O–H groups in total. The van der Waals surface area contributed by atoms with Crippen LogP contribution in [0, 0.1) is 0 Å². The standard InChI is InChI=1S/C17H10N4S4/c1-3-11(22-9-1)13-5-6-15(24-13)17-18-20-21(19-17)16-8-7-14(25-16)12-4-2-10-23-12/h1-10H. The number of hydrogen-bond acceptors (Lipinski definition) is 7. The molecule has 0 unspecified atom stereocenters. The maximum absolute atomic E-state index is 4.56. The van der Waals surface area contributed by atoms with Crippen molar-refractivity contribution >= 4 is 45.3 Å². The van der Waals surface area contributed by atoms with E-state index in [1.54, 1.807) is 50.1 Å². The van der Waals surface area contributed by atoms with Crippen LogP contribution in [0.1, 0.15) is 0 Å². The molecule has 5 heterocycles. The molecule has 0 saturated carbocycles. The van der Waals surface area contributed by atoms with Crippen molar-refractivity contribution in [3.05, 3.63) is 59.3 Å². The van der Waals surface area contributed by atoms with Crippen LogP contribution in [0.5, 0.6) is 0 Å². The number of tetrazole rings is 1. The van der Waals surface area contributed by atoms with Crippen LogP contribution in [0.3, 0.4) is 0 Å². The second-order valence-electron chi connectivity index (χ2n) is 5.16. The second-order valence-corrected chi connectivity index (χ2v) is 9.20. The van der Waals surface area contributed by atoms with Gasteiger partial charge < -0.3 is 0 Å². The monoisotopic (exact) mass is 398 g/mol. The maximum Gasteiger partial charge on any atom is 0.215 e. The van der Waals surface area contributed by atoms with E-state index in [1.165, 1.54) is 19.5 Å². The van der Waals surface area contributed by atoms with Crippen LogP contribution >= 0.6 is 45.3 Å². The van der Waals surface area contributed by atoms with E-state index >= 15 is 0 Å². The van der Waals surface area contributed by atoms with Gasteiger partial charge in [-0.25, -0.2) is 0 Å². The highest BCUT2D eigenvalue weighted by molar-refractivity contribution is 7.23. The van der Waals surface area contributed by atoms with Gasteiger partial charge in [-0.1, -0.05) is 12.1 Å². The van der Waals surface area contributed by atoms with E-state index in [-0.39, 0.29) is 0 Å². The molecule has 0 atom stereocenters. The zero-order valence-electron chi connectivity index (χ0n) is 12.7. The molecular weight excluding hydrogens is 388 g/mol. The Labute approximate surface area is 159 Å². The molecule has 25 heavy (non-hydrogen) atoms. The van der Waals surface area contributed by atoms with Gasteiger partial charge in [0.1, 0.15) is 5.00 Å². The summed E-state index contributed by atoms with van der Waals surface area (Å²) in [5, 5.41) is 18.2. The van der Waals surface area contributed by atoms with Crippen LogP contribution in [0.4, 0.5) is 0 Å². The number of rotatable bonds is 4. The van der Waals surface area contributed by atoms with Crippen LogP contribution in [0.2, 0.25) is 0 Å². The molecule has 0 spiro atoms. The van der Waals surface area contributed by atoms with Crippen molar-refractivity contribution in [3.63, 3.8) is 0 Å². The molecule has 8 heteroatoms. The van der Waals surface area contributed by atoms with E-state index in [0.29, 0.717) is 5.82 Å². The number of thiophene rings is 4. The van der Waals surface area contributed by atoms with Crippen LogP contribution in [-0.2, 0) is 0 Å². The molecular formula is C17H10N4S4. The number of aromatic nitrogens is 4. The lowest BCUT2D eigenvalue weighted by molar-refractivity contribution is 0.731. The Morgan fingerprint density at radius 1 is 0.680 bits per heavy atom. The molecule has 122 valence electrons. The Kier molecular flexibility index (Phi) is 3.82. The first kappa shape index (κ1) is 15.2. The summed E-state index contributed by atoms with van der Waals surface area (Å²) in [7, 11) is 0. The van der Waals surface area contributed by atoms with Gasteiger partial charge >= 0.3 is 0 Å². The van der Waals surface area contributed by atoms with E-state index < -0.39 is 0 Å². The first-order valence-corrected chi connectivity index (χ1v) is 10.8. The maximum atomic E-state index is 4.56. The number of hydrogen-bond donors (Lipinski definition) is 0. The zero-order chi connectivity index (χ0) is 16.6. The van der Waals surface area contributed by atoms with Crippen LogP contribution < -0.4 is 0 Å². The normalized spacial score (nSPS) is 11.2. The Morgan fingerprint density at radius 3 is 2.08 bits per heavy atom. The van der Waals surface area contributed by atoms with Gasteiger partial charge in [-0.05, 0) is 52.4 Å². The van der Waals surface area contributed by atoms with Crippen LogP contribution in [0.25, 0.3) is 35.2 Å².